The van der Waals surface area contributed by atoms with Crippen molar-refractivity contribution in [2.45, 2.75) is 53.1 Å². The monoisotopic (exact) mass is 335 g/mol. The predicted octanol–water partition coefficient (Wildman–Crippen LogP) is 3.46. The zero-order valence-electron chi connectivity index (χ0n) is 15.3. The van der Waals surface area contributed by atoms with E-state index in [0.717, 1.165) is 29.7 Å². The van der Waals surface area contributed by atoms with Crippen LogP contribution >= 0.6 is 0 Å². The molecule has 0 aromatic heterocycles. The minimum absolute atomic E-state index is 0.281. The second-order valence-electron chi connectivity index (χ2n) is 6.47. The molecule has 0 heterocycles. The highest BCUT2D eigenvalue weighted by Crippen LogP contribution is 2.22. The molecule has 1 aromatic rings. The summed E-state index contributed by atoms with van der Waals surface area (Å²) in [6, 6.07) is 5.75. The van der Waals surface area contributed by atoms with Crippen molar-refractivity contribution < 1.29 is 14.3 Å². The number of para-hydroxylation sites is 1. The van der Waals surface area contributed by atoms with E-state index in [-0.39, 0.29) is 6.03 Å². The van der Waals surface area contributed by atoms with Gasteiger partial charge in [0.1, 0.15) is 5.60 Å². The Balaban J connectivity index is 2.44. The Morgan fingerprint density at radius 2 is 1.54 bits per heavy atom. The molecule has 0 unspecified atom stereocenters. The highest BCUT2D eigenvalue weighted by Gasteiger charge is 2.15. The van der Waals surface area contributed by atoms with Crippen LogP contribution < -0.4 is 16.0 Å². The zero-order valence-corrected chi connectivity index (χ0v) is 15.3. The number of anilines is 1. The van der Waals surface area contributed by atoms with E-state index in [1.165, 1.54) is 0 Å². The molecule has 0 fully saturated rings. The van der Waals surface area contributed by atoms with Crippen LogP contribution in [0.25, 0.3) is 0 Å². The Morgan fingerprint density at radius 1 is 1.00 bits per heavy atom. The average Bonchev–Trinajstić information content (AvgIpc) is 2.50. The van der Waals surface area contributed by atoms with Crippen LogP contribution in [0.2, 0.25) is 0 Å². The average molecular weight is 335 g/mol. The second-order valence-corrected chi connectivity index (χ2v) is 6.47. The standard InChI is InChI=1S/C18H29N3O3/c1-6-13-9-8-10-14(7-2)15(13)21-16(22)19-11-12-20-17(23)24-18(3,4)5/h8-10H,6-7,11-12H2,1-5H3,(H,20,23)(H2,19,21,22). The third-order valence-electron chi connectivity index (χ3n) is 3.32. The van der Waals surface area contributed by atoms with E-state index < -0.39 is 11.7 Å². The summed E-state index contributed by atoms with van der Waals surface area (Å²) >= 11 is 0. The predicted molar refractivity (Wildman–Crippen MR) is 96.5 cm³/mol. The van der Waals surface area contributed by atoms with Gasteiger partial charge in [-0.1, -0.05) is 32.0 Å². The second kappa shape index (κ2) is 9.15. The lowest BCUT2D eigenvalue weighted by molar-refractivity contribution is 0.0528. The first-order valence-electron chi connectivity index (χ1n) is 8.39. The van der Waals surface area contributed by atoms with E-state index in [1.54, 1.807) is 20.8 Å². The summed E-state index contributed by atoms with van der Waals surface area (Å²) in [6.07, 6.45) is 1.21. The Morgan fingerprint density at radius 3 is 2.04 bits per heavy atom. The summed E-state index contributed by atoms with van der Waals surface area (Å²) in [5.41, 5.74) is 2.56. The lowest BCUT2D eigenvalue weighted by atomic mass is 10.0. The molecular weight excluding hydrogens is 306 g/mol. The molecule has 0 aliphatic rings. The maximum atomic E-state index is 12.1. The highest BCUT2D eigenvalue weighted by molar-refractivity contribution is 5.91. The molecule has 0 aliphatic heterocycles. The van der Waals surface area contributed by atoms with Crippen LogP contribution in [0.15, 0.2) is 18.2 Å². The van der Waals surface area contributed by atoms with Gasteiger partial charge in [-0.25, -0.2) is 9.59 Å². The minimum atomic E-state index is -0.532. The van der Waals surface area contributed by atoms with Crippen molar-refractivity contribution in [3.05, 3.63) is 29.3 Å². The molecule has 3 N–H and O–H groups in total. The number of amides is 3. The number of ether oxygens (including phenoxy) is 1. The van der Waals surface area contributed by atoms with E-state index in [1.807, 2.05) is 18.2 Å². The van der Waals surface area contributed by atoms with Gasteiger partial charge in [0.2, 0.25) is 0 Å². The molecule has 0 spiro atoms. The number of urea groups is 1. The van der Waals surface area contributed by atoms with Crippen molar-refractivity contribution in [2.24, 2.45) is 0 Å². The number of alkyl carbamates (subject to hydrolysis) is 1. The van der Waals surface area contributed by atoms with E-state index >= 15 is 0 Å². The van der Waals surface area contributed by atoms with Crippen molar-refractivity contribution >= 4 is 17.8 Å². The Hall–Kier alpha value is -2.24. The lowest BCUT2D eigenvalue weighted by Crippen LogP contribution is -2.39. The number of carbonyl (C=O) groups excluding carboxylic acids is 2. The molecule has 3 amide bonds. The van der Waals surface area contributed by atoms with Gasteiger partial charge in [0.15, 0.2) is 0 Å². The van der Waals surface area contributed by atoms with E-state index in [9.17, 15) is 9.59 Å². The summed E-state index contributed by atoms with van der Waals surface area (Å²) < 4.78 is 5.12. The van der Waals surface area contributed by atoms with Gasteiger partial charge in [-0.2, -0.15) is 0 Å². The first kappa shape index (κ1) is 19.8. The smallest absolute Gasteiger partial charge is 0.407 e. The number of benzene rings is 1. The summed E-state index contributed by atoms with van der Waals surface area (Å²) in [4.78, 5) is 23.6. The van der Waals surface area contributed by atoms with Crippen molar-refractivity contribution in [3.63, 3.8) is 0 Å². The van der Waals surface area contributed by atoms with Crippen LogP contribution in [-0.4, -0.2) is 30.8 Å². The van der Waals surface area contributed by atoms with Crippen molar-refractivity contribution in [1.29, 1.82) is 0 Å². The fraction of sp³-hybridized carbons (Fsp3) is 0.556. The van der Waals surface area contributed by atoms with Crippen LogP contribution in [0.5, 0.6) is 0 Å². The Kier molecular flexibility index (Phi) is 7.55. The number of hydrogen-bond acceptors (Lipinski definition) is 3. The number of carbonyl (C=O) groups is 2. The van der Waals surface area contributed by atoms with Gasteiger partial charge in [0, 0.05) is 18.8 Å². The van der Waals surface area contributed by atoms with E-state index in [2.05, 4.69) is 29.8 Å². The van der Waals surface area contributed by atoms with Crippen molar-refractivity contribution in [3.8, 4) is 0 Å². The summed E-state index contributed by atoms with van der Waals surface area (Å²) in [6.45, 7) is 10.1. The molecule has 24 heavy (non-hydrogen) atoms. The van der Waals surface area contributed by atoms with E-state index in [4.69, 9.17) is 4.74 Å². The largest absolute Gasteiger partial charge is 0.444 e. The van der Waals surface area contributed by atoms with Crippen LogP contribution in [0.4, 0.5) is 15.3 Å². The molecule has 6 heteroatoms. The van der Waals surface area contributed by atoms with Gasteiger partial charge < -0.3 is 20.7 Å². The molecule has 6 nitrogen and oxygen atoms in total. The number of rotatable bonds is 6. The van der Waals surface area contributed by atoms with Crippen LogP contribution in [0, 0.1) is 0 Å². The first-order chi connectivity index (χ1) is 11.3. The maximum absolute atomic E-state index is 12.1. The van der Waals surface area contributed by atoms with Gasteiger partial charge in [0.05, 0.1) is 0 Å². The third-order valence-corrected chi connectivity index (χ3v) is 3.32. The number of nitrogens with one attached hydrogen (secondary N) is 3. The molecule has 0 atom stereocenters. The first-order valence-corrected chi connectivity index (χ1v) is 8.39. The van der Waals surface area contributed by atoms with Crippen molar-refractivity contribution in [1.82, 2.24) is 10.6 Å². The summed E-state index contributed by atoms with van der Waals surface area (Å²) in [7, 11) is 0. The highest BCUT2D eigenvalue weighted by atomic mass is 16.6. The molecule has 0 saturated heterocycles. The van der Waals surface area contributed by atoms with Gasteiger partial charge in [-0.05, 0) is 44.7 Å². The molecule has 0 bridgehead atoms. The van der Waals surface area contributed by atoms with Gasteiger partial charge in [-0.3, -0.25) is 0 Å². The maximum Gasteiger partial charge on any atom is 0.407 e. The quantitative estimate of drug-likeness (QED) is 0.697. The Bertz CT molecular complexity index is 543. The van der Waals surface area contributed by atoms with E-state index in [0.29, 0.717) is 13.1 Å². The molecule has 0 aliphatic carbocycles. The molecule has 134 valence electrons. The molecule has 1 rings (SSSR count). The Labute approximate surface area is 144 Å². The summed E-state index contributed by atoms with van der Waals surface area (Å²) in [5, 5.41) is 8.24. The summed E-state index contributed by atoms with van der Waals surface area (Å²) in [5.74, 6) is 0. The van der Waals surface area contributed by atoms with Gasteiger partial charge in [0.25, 0.3) is 0 Å². The molecule has 1 aromatic carbocycles. The van der Waals surface area contributed by atoms with Gasteiger partial charge >= 0.3 is 12.1 Å². The van der Waals surface area contributed by atoms with Gasteiger partial charge in [-0.15, -0.1) is 0 Å². The number of hydrogen-bond donors (Lipinski definition) is 3. The normalized spacial score (nSPS) is 10.9. The van der Waals surface area contributed by atoms with Crippen LogP contribution in [0.1, 0.15) is 45.7 Å². The fourth-order valence-corrected chi connectivity index (χ4v) is 2.22. The number of aryl methyl sites for hydroxylation is 2. The minimum Gasteiger partial charge on any atom is -0.444 e. The van der Waals surface area contributed by atoms with Crippen LogP contribution in [0.3, 0.4) is 0 Å². The zero-order chi connectivity index (χ0) is 18.2. The lowest BCUT2D eigenvalue weighted by Gasteiger charge is -2.19. The molecular formula is C18H29N3O3. The SMILES string of the molecule is CCc1cccc(CC)c1NC(=O)NCCNC(=O)OC(C)(C)C. The molecule has 0 radical (unpaired) electrons. The fourth-order valence-electron chi connectivity index (χ4n) is 2.22. The topological polar surface area (TPSA) is 79.5 Å². The van der Waals surface area contributed by atoms with Crippen molar-refractivity contribution in [2.75, 3.05) is 18.4 Å². The molecule has 0 saturated carbocycles. The van der Waals surface area contributed by atoms with Crippen LogP contribution in [-0.2, 0) is 17.6 Å². The third kappa shape index (κ3) is 6.89.